The zero-order chi connectivity index (χ0) is 20.9. The molecule has 6 heteroatoms. The number of benzene rings is 3. The normalized spacial score (nSPS) is 13.5. The van der Waals surface area contributed by atoms with Crippen LogP contribution in [0.5, 0.6) is 0 Å². The summed E-state index contributed by atoms with van der Waals surface area (Å²) in [6, 6.07) is 21.9. The van der Waals surface area contributed by atoms with Crippen molar-refractivity contribution in [2.45, 2.75) is 18.4 Å². The van der Waals surface area contributed by atoms with E-state index in [0.717, 1.165) is 17.7 Å². The monoisotopic (exact) mass is 400 g/mol. The van der Waals surface area contributed by atoms with E-state index < -0.39 is 23.3 Å². The molecule has 1 atom stereocenters. The van der Waals surface area contributed by atoms with Crippen LogP contribution in [0.15, 0.2) is 84.9 Å². The Morgan fingerprint density at radius 3 is 1.93 bits per heavy atom. The van der Waals surface area contributed by atoms with E-state index in [1.165, 1.54) is 19.2 Å². The molecule has 0 spiro atoms. The van der Waals surface area contributed by atoms with Gasteiger partial charge in [-0.1, -0.05) is 72.8 Å². The molecule has 1 unspecified atom stereocenters. The number of methoxy groups -OCH3 is 1. The maximum Gasteiger partial charge on any atom is 0.416 e. The highest BCUT2D eigenvalue weighted by Gasteiger charge is 2.45. The largest absolute Gasteiger partial charge is 0.458 e. The maximum absolute atomic E-state index is 13.3. The van der Waals surface area contributed by atoms with Crippen molar-refractivity contribution in [1.82, 2.24) is 0 Å². The first-order valence-electron chi connectivity index (χ1n) is 8.87. The third-order valence-electron chi connectivity index (χ3n) is 4.58. The maximum atomic E-state index is 13.3. The summed E-state index contributed by atoms with van der Waals surface area (Å²) in [5.41, 5.74) is -1.54. The van der Waals surface area contributed by atoms with E-state index in [-0.39, 0.29) is 12.2 Å². The topological polar surface area (TPSA) is 35.5 Å². The highest BCUT2D eigenvalue weighted by Crippen LogP contribution is 2.38. The Hall–Kier alpha value is -3.12. The molecule has 0 heterocycles. The lowest BCUT2D eigenvalue weighted by Crippen LogP contribution is -2.40. The fraction of sp³-hybridized carbons (Fsp3) is 0.174. The molecule has 3 aromatic carbocycles. The van der Waals surface area contributed by atoms with Gasteiger partial charge in [-0.3, -0.25) is 0 Å². The number of hydrogen-bond acceptors (Lipinski definition) is 3. The summed E-state index contributed by atoms with van der Waals surface area (Å²) in [7, 11) is 1.27. The second-order valence-electron chi connectivity index (χ2n) is 6.39. The van der Waals surface area contributed by atoms with Crippen molar-refractivity contribution in [3.8, 4) is 0 Å². The molecule has 0 fully saturated rings. The number of rotatable bonds is 6. The van der Waals surface area contributed by atoms with Crippen LogP contribution in [0.1, 0.15) is 22.3 Å². The Morgan fingerprint density at radius 2 is 1.34 bits per heavy atom. The molecule has 3 nitrogen and oxygen atoms in total. The van der Waals surface area contributed by atoms with Crippen molar-refractivity contribution < 1.29 is 27.4 Å². The molecule has 3 rings (SSSR count). The summed E-state index contributed by atoms with van der Waals surface area (Å²) in [4.78, 5) is 13.2. The first-order chi connectivity index (χ1) is 13.9. The van der Waals surface area contributed by atoms with Crippen molar-refractivity contribution in [3.05, 3.63) is 107 Å². The Kier molecular flexibility index (Phi) is 6.03. The van der Waals surface area contributed by atoms with Crippen LogP contribution in [0.25, 0.3) is 0 Å². The SMILES string of the molecule is COC(C(=O)OCc1ccccc1)(c1ccccc1)c1cccc(C(F)(F)F)c1. The summed E-state index contributed by atoms with van der Waals surface area (Å²) in [5.74, 6) is -0.797. The minimum atomic E-state index is -4.56. The van der Waals surface area contributed by atoms with E-state index in [1.807, 2.05) is 6.07 Å². The lowest BCUT2D eigenvalue weighted by atomic mass is 9.85. The highest BCUT2D eigenvalue weighted by atomic mass is 19.4. The van der Waals surface area contributed by atoms with Gasteiger partial charge in [0.15, 0.2) is 0 Å². The zero-order valence-electron chi connectivity index (χ0n) is 15.6. The molecule has 0 aliphatic rings. The van der Waals surface area contributed by atoms with Gasteiger partial charge in [-0.2, -0.15) is 13.2 Å². The Labute approximate surface area is 166 Å². The Bertz CT molecular complexity index is 956. The van der Waals surface area contributed by atoms with Gasteiger partial charge < -0.3 is 9.47 Å². The van der Waals surface area contributed by atoms with Crippen LogP contribution in [0.4, 0.5) is 13.2 Å². The third kappa shape index (κ3) is 4.32. The molecular weight excluding hydrogens is 381 g/mol. The van der Waals surface area contributed by atoms with Gasteiger partial charge in [0.1, 0.15) is 6.61 Å². The Balaban J connectivity index is 2.06. The molecule has 0 bridgehead atoms. The van der Waals surface area contributed by atoms with Crippen molar-refractivity contribution >= 4 is 5.97 Å². The molecular formula is C23H19F3O3. The first kappa shape index (κ1) is 20.6. The van der Waals surface area contributed by atoms with Crippen molar-refractivity contribution in [2.24, 2.45) is 0 Å². The smallest absolute Gasteiger partial charge is 0.416 e. The number of alkyl halides is 3. The number of esters is 1. The van der Waals surface area contributed by atoms with E-state index in [9.17, 15) is 18.0 Å². The number of carbonyl (C=O) groups is 1. The van der Waals surface area contributed by atoms with Gasteiger partial charge in [-0.25, -0.2) is 4.79 Å². The number of carbonyl (C=O) groups excluding carboxylic acids is 1. The van der Waals surface area contributed by atoms with Crippen molar-refractivity contribution in [3.63, 3.8) is 0 Å². The quantitative estimate of drug-likeness (QED) is 0.524. The number of hydrogen-bond donors (Lipinski definition) is 0. The lowest BCUT2D eigenvalue weighted by Gasteiger charge is -2.31. The molecule has 0 amide bonds. The Morgan fingerprint density at radius 1 is 0.793 bits per heavy atom. The third-order valence-corrected chi connectivity index (χ3v) is 4.58. The van der Waals surface area contributed by atoms with Crippen molar-refractivity contribution in [1.29, 1.82) is 0 Å². The molecule has 0 saturated carbocycles. The first-order valence-corrected chi connectivity index (χ1v) is 8.87. The molecule has 29 heavy (non-hydrogen) atoms. The molecule has 3 aromatic rings. The van der Waals surface area contributed by atoms with Gasteiger partial charge in [0.05, 0.1) is 5.56 Å². The minimum Gasteiger partial charge on any atom is -0.458 e. The molecule has 0 aliphatic carbocycles. The van der Waals surface area contributed by atoms with Gasteiger partial charge >= 0.3 is 12.1 Å². The molecule has 0 radical (unpaired) electrons. The van der Waals surface area contributed by atoms with Gasteiger partial charge in [-0.05, 0) is 23.3 Å². The van der Waals surface area contributed by atoms with E-state index in [4.69, 9.17) is 9.47 Å². The van der Waals surface area contributed by atoms with Gasteiger partial charge in [0.2, 0.25) is 5.60 Å². The summed E-state index contributed by atoms with van der Waals surface area (Å²) in [5, 5.41) is 0. The average Bonchev–Trinajstić information content (AvgIpc) is 2.74. The van der Waals surface area contributed by atoms with E-state index in [0.29, 0.717) is 5.56 Å². The molecule has 150 valence electrons. The lowest BCUT2D eigenvalue weighted by molar-refractivity contribution is -0.167. The molecule has 0 aliphatic heterocycles. The summed E-state index contributed by atoms with van der Waals surface area (Å²) >= 11 is 0. The fourth-order valence-corrected chi connectivity index (χ4v) is 3.13. The summed E-state index contributed by atoms with van der Waals surface area (Å²) in [6.45, 7) is -0.0312. The van der Waals surface area contributed by atoms with E-state index in [2.05, 4.69) is 0 Å². The summed E-state index contributed by atoms with van der Waals surface area (Å²) < 4.78 is 50.9. The number of halogens is 3. The van der Waals surface area contributed by atoms with Crippen LogP contribution in [0.2, 0.25) is 0 Å². The highest BCUT2D eigenvalue weighted by molar-refractivity contribution is 5.86. The molecule has 0 N–H and O–H groups in total. The second-order valence-corrected chi connectivity index (χ2v) is 6.39. The van der Waals surface area contributed by atoms with Gasteiger partial charge in [0, 0.05) is 12.7 Å². The van der Waals surface area contributed by atoms with Crippen LogP contribution in [-0.4, -0.2) is 13.1 Å². The average molecular weight is 400 g/mol. The van der Waals surface area contributed by atoms with E-state index in [1.54, 1.807) is 54.6 Å². The second kappa shape index (κ2) is 8.49. The van der Waals surface area contributed by atoms with Gasteiger partial charge in [0.25, 0.3) is 0 Å². The van der Waals surface area contributed by atoms with Crippen LogP contribution in [-0.2, 0) is 32.7 Å². The van der Waals surface area contributed by atoms with Crippen LogP contribution in [0.3, 0.4) is 0 Å². The van der Waals surface area contributed by atoms with Crippen molar-refractivity contribution in [2.75, 3.05) is 7.11 Å². The predicted octanol–water partition coefficient (Wildman–Crippen LogP) is 5.34. The van der Waals surface area contributed by atoms with Crippen LogP contribution < -0.4 is 0 Å². The van der Waals surface area contributed by atoms with E-state index >= 15 is 0 Å². The predicted molar refractivity (Wildman–Crippen MR) is 102 cm³/mol. The summed E-state index contributed by atoms with van der Waals surface area (Å²) in [6.07, 6.45) is -4.56. The zero-order valence-corrected chi connectivity index (χ0v) is 15.6. The molecule has 0 aromatic heterocycles. The molecule has 0 saturated heterocycles. The van der Waals surface area contributed by atoms with Crippen LogP contribution >= 0.6 is 0 Å². The fourth-order valence-electron chi connectivity index (χ4n) is 3.13. The van der Waals surface area contributed by atoms with Gasteiger partial charge in [-0.15, -0.1) is 0 Å². The van der Waals surface area contributed by atoms with Crippen LogP contribution in [0, 0.1) is 0 Å². The minimum absolute atomic E-state index is 0.0312. The standard InChI is InChI=1S/C23H19F3O3/c1-28-22(18-11-6-3-7-12-18,19-13-8-14-20(15-19)23(24,25)26)21(27)29-16-17-9-4-2-5-10-17/h2-15H,16H2,1H3. The number of ether oxygens (including phenoxy) is 2.